The van der Waals surface area contributed by atoms with Gasteiger partial charge in [-0.2, -0.15) is 13.2 Å². The molecular weight excluding hydrogens is 307 g/mol. The van der Waals surface area contributed by atoms with E-state index in [4.69, 9.17) is 5.73 Å². The Bertz CT molecular complexity index is 586. The van der Waals surface area contributed by atoms with Crippen LogP contribution in [0.5, 0.6) is 0 Å². The molecule has 0 aliphatic carbocycles. The Labute approximate surface area is 111 Å². The second-order valence-electron chi connectivity index (χ2n) is 3.93. The third kappa shape index (κ3) is 4.60. The summed E-state index contributed by atoms with van der Waals surface area (Å²) in [6.07, 6.45) is -6.13. The number of benzene rings is 1. The van der Waals surface area contributed by atoms with Gasteiger partial charge in [0.05, 0.1) is 0 Å². The van der Waals surface area contributed by atoms with Crippen LogP contribution in [-0.2, 0) is 10.0 Å². The van der Waals surface area contributed by atoms with E-state index in [-0.39, 0.29) is 5.69 Å². The maximum atomic E-state index is 13.3. The first-order chi connectivity index (χ1) is 9.03. The van der Waals surface area contributed by atoms with Crippen molar-refractivity contribution in [3.8, 4) is 0 Å². The molecule has 3 N–H and O–H groups in total. The predicted octanol–water partition coefficient (Wildman–Crippen LogP) is 2.17. The van der Waals surface area contributed by atoms with E-state index in [1.165, 1.54) is 0 Å². The molecule has 0 amide bonds. The van der Waals surface area contributed by atoms with E-state index in [0.717, 1.165) is 0 Å². The van der Waals surface area contributed by atoms with Crippen molar-refractivity contribution < 1.29 is 30.4 Å². The number of hydrogen-bond donors (Lipinski definition) is 2. The van der Waals surface area contributed by atoms with Crippen LogP contribution >= 0.6 is 0 Å². The van der Waals surface area contributed by atoms with Crippen LogP contribution in [0.2, 0.25) is 0 Å². The molecule has 0 radical (unpaired) electrons. The maximum absolute atomic E-state index is 13.3. The van der Waals surface area contributed by atoms with E-state index in [9.17, 15) is 30.4 Å². The number of hydrogen-bond acceptors (Lipinski definition) is 3. The summed E-state index contributed by atoms with van der Waals surface area (Å²) in [5, 5.41) is 0. The lowest BCUT2D eigenvalue weighted by atomic mass is 10.3. The Morgan fingerprint density at radius 3 is 2.35 bits per heavy atom. The first-order valence-corrected chi connectivity index (χ1v) is 6.82. The van der Waals surface area contributed by atoms with Gasteiger partial charge in [0, 0.05) is 18.7 Å². The highest BCUT2D eigenvalue weighted by Crippen LogP contribution is 2.22. The van der Waals surface area contributed by atoms with Gasteiger partial charge in [-0.15, -0.1) is 0 Å². The molecule has 0 unspecified atom stereocenters. The molecule has 4 nitrogen and oxygen atoms in total. The first kappa shape index (κ1) is 16.6. The number of sulfonamides is 1. The quantitative estimate of drug-likeness (QED) is 0.496. The van der Waals surface area contributed by atoms with Gasteiger partial charge in [0.2, 0.25) is 10.0 Å². The molecule has 0 bridgehead atoms. The minimum atomic E-state index is -4.47. The molecule has 1 aromatic rings. The van der Waals surface area contributed by atoms with Gasteiger partial charge in [-0.1, -0.05) is 0 Å². The molecule has 114 valence electrons. The molecular formula is C10H11F5N2O2S. The molecule has 10 heteroatoms. The van der Waals surface area contributed by atoms with Crippen molar-refractivity contribution >= 4 is 15.7 Å². The minimum Gasteiger partial charge on any atom is -0.399 e. The largest absolute Gasteiger partial charge is 0.399 e. The average molecular weight is 318 g/mol. The van der Waals surface area contributed by atoms with E-state index >= 15 is 0 Å². The lowest BCUT2D eigenvalue weighted by Crippen LogP contribution is -2.27. The summed E-state index contributed by atoms with van der Waals surface area (Å²) in [5.41, 5.74) is 4.87. The second-order valence-corrected chi connectivity index (χ2v) is 5.67. The number of anilines is 1. The topological polar surface area (TPSA) is 72.2 Å². The van der Waals surface area contributed by atoms with Crippen LogP contribution in [0.4, 0.5) is 27.6 Å². The lowest BCUT2D eigenvalue weighted by Gasteiger charge is -2.10. The third-order valence-corrected chi connectivity index (χ3v) is 3.70. The molecule has 0 aliphatic heterocycles. The van der Waals surface area contributed by atoms with Gasteiger partial charge in [0.15, 0.2) is 11.6 Å². The van der Waals surface area contributed by atoms with Gasteiger partial charge in [-0.25, -0.2) is 21.9 Å². The summed E-state index contributed by atoms with van der Waals surface area (Å²) in [4.78, 5) is -1.04. The molecule has 0 saturated heterocycles. The molecule has 1 aromatic carbocycles. The molecule has 0 spiro atoms. The highest BCUT2D eigenvalue weighted by molar-refractivity contribution is 7.89. The number of nitrogens with one attached hydrogen (secondary N) is 1. The summed E-state index contributed by atoms with van der Waals surface area (Å²) < 4.78 is 87.0. The predicted molar refractivity (Wildman–Crippen MR) is 61.2 cm³/mol. The second kappa shape index (κ2) is 5.92. The third-order valence-electron chi connectivity index (χ3n) is 2.24. The molecule has 0 fully saturated rings. The normalized spacial score (nSPS) is 12.7. The number of alkyl halides is 3. The Kier molecular flexibility index (Phi) is 4.92. The van der Waals surface area contributed by atoms with E-state index in [0.29, 0.717) is 12.1 Å². The van der Waals surface area contributed by atoms with Crippen LogP contribution < -0.4 is 10.5 Å². The zero-order valence-electron chi connectivity index (χ0n) is 9.97. The van der Waals surface area contributed by atoms with Gasteiger partial charge in [0.1, 0.15) is 4.90 Å². The Morgan fingerprint density at radius 1 is 1.20 bits per heavy atom. The van der Waals surface area contributed by atoms with Crippen LogP contribution in [0, 0.1) is 11.6 Å². The van der Waals surface area contributed by atoms with Gasteiger partial charge in [-0.05, 0) is 18.6 Å². The molecule has 0 aromatic heterocycles. The van der Waals surface area contributed by atoms with Crippen LogP contribution in [0.1, 0.15) is 12.8 Å². The molecule has 0 heterocycles. The Morgan fingerprint density at radius 2 is 1.80 bits per heavy atom. The molecule has 0 aliphatic rings. The Balaban J connectivity index is 2.80. The van der Waals surface area contributed by atoms with E-state index in [2.05, 4.69) is 0 Å². The van der Waals surface area contributed by atoms with Crippen molar-refractivity contribution in [2.24, 2.45) is 0 Å². The zero-order valence-corrected chi connectivity index (χ0v) is 10.8. The molecule has 0 atom stereocenters. The van der Waals surface area contributed by atoms with Gasteiger partial charge >= 0.3 is 6.18 Å². The van der Waals surface area contributed by atoms with E-state index in [1.54, 1.807) is 4.72 Å². The van der Waals surface area contributed by atoms with Gasteiger partial charge in [0.25, 0.3) is 0 Å². The monoisotopic (exact) mass is 318 g/mol. The molecule has 0 saturated carbocycles. The smallest absolute Gasteiger partial charge is 0.389 e. The van der Waals surface area contributed by atoms with Crippen molar-refractivity contribution in [3.63, 3.8) is 0 Å². The highest BCUT2D eigenvalue weighted by Gasteiger charge is 2.27. The van der Waals surface area contributed by atoms with Crippen LogP contribution in [0.3, 0.4) is 0 Å². The fourth-order valence-corrected chi connectivity index (χ4v) is 2.55. The lowest BCUT2D eigenvalue weighted by molar-refractivity contribution is -0.135. The van der Waals surface area contributed by atoms with Crippen molar-refractivity contribution in [3.05, 3.63) is 23.8 Å². The van der Waals surface area contributed by atoms with Gasteiger partial charge in [-0.3, -0.25) is 0 Å². The van der Waals surface area contributed by atoms with Crippen molar-refractivity contribution in [2.75, 3.05) is 12.3 Å². The molecule has 1 rings (SSSR count). The van der Waals surface area contributed by atoms with Crippen molar-refractivity contribution in [1.82, 2.24) is 4.72 Å². The highest BCUT2D eigenvalue weighted by atomic mass is 32.2. The average Bonchev–Trinajstić information content (AvgIpc) is 2.28. The number of halogens is 5. The molecule has 20 heavy (non-hydrogen) atoms. The first-order valence-electron chi connectivity index (χ1n) is 5.34. The SMILES string of the molecule is Nc1cc(F)c(F)c(S(=O)(=O)NCCCC(F)(F)F)c1. The summed E-state index contributed by atoms with van der Waals surface area (Å²) in [6, 6.07) is 1.28. The number of nitrogens with two attached hydrogens (primary N) is 1. The van der Waals surface area contributed by atoms with E-state index < -0.39 is 52.1 Å². The standard InChI is InChI=1S/C10H11F5N2O2S/c11-7-4-6(16)5-8(9(7)12)20(18,19)17-3-1-2-10(13,14)15/h4-5,17H,1-3,16H2. The van der Waals surface area contributed by atoms with Crippen LogP contribution in [-0.4, -0.2) is 21.1 Å². The fraction of sp³-hybridized carbons (Fsp3) is 0.400. The Hall–Kier alpha value is -1.42. The fourth-order valence-electron chi connectivity index (χ4n) is 1.35. The van der Waals surface area contributed by atoms with Crippen LogP contribution in [0.25, 0.3) is 0 Å². The summed E-state index contributed by atoms with van der Waals surface area (Å²) >= 11 is 0. The zero-order chi connectivity index (χ0) is 15.6. The van der Waals surface area contributed by atoms with Crippen molar-refractivity contribution in [2.45, 2.75) is 23.9 Å². The number of rotatable bonds is 5. The van der Waals surface area contributed by atoms with Crippen LogP contribution in [0.15, 0.2) is 17.0 Å². The summed E-state index contributed by atoms with van der Waals surface area (Å²) in [7, 11) is -4.47. The minimum absolute atomic E-state index is 0.320. The van der Waals surface area contributed by atoms with E-state index in [1.807, 2.05) is 0 Å². The maximum Gasteiger partial charge on any atom is 0.389 e. The van der Waals surface area contributed by atoms with Gasteiger partial charge < -0.3 is 5.73 Å². The van der Waals surface area contributed by atoms with Crippen molar-refractivity contribution in [1.29, 1.82) is 0 Å². The summed E-state index contributed by atoms with van der Waals surface area (Å²) in [5.74, 6) is -3.09. The summed E-state index contributed by atoms with van der Waals surface area (Å²) in [6.45, 7) is -0.558. The number of nitrogen functional groups attached to an aromatic ring is 1.